The van der Waals surface area contributed by atoms with Gasteiger partial charge in [0, 0.05) is 41.2 Å². The largest absolute Gasteiger partial charge is 0.497 e. The maximum absolute atomic E-state index is 12.8. The first-order valence-corrected chi connectivity index (χ1v) is 9.40. The second-order valence-electron chi connectivity index (χ2n) is 6.85. The highest BCUT2D eigenvalue weighted by atomic mass is 16.5. The fraction of sp³-hybridized carbons (Fsp3) is 0.174. The molecule has 6 nitrogen and oxygen atoms in total. The van der Waals surface area contributed by atoms with Gasteiger partial charge < -0.3 is 10.1 Å². The maximum Gasteiger partial charge on any atom is 0.261 e. The van der Waals surface area contributed by atoms with E-state index in [-0.39, 0.29) is 30.7 Å². The summed E-state index contributed by atoms with van der Waals surface area (Å²) in [4.78, 5) is 39.1. The van der Waals surface area contributed by atoms with E-state index in [4.69, 9.17) is 4.74 Å². The number of nitrogens with zero attached hydrogens (tertiary/aromatic N) is 1. The Labute approximate surface area is 168 Å². The van der Waals surface area contributed by atoms with Crippen LogP contribution in [0.5, 0.6) is 5.75 Å². The normalized spacial score (nSPS) is 12.9. The first-order chi connectivity index (χ1) is 14.1. The van der Waals surface area contributed by atoms with Gasteiger partial charge >= 0.3 is 0 Å². The number of carbonyl (C=O) groups excluding carboxylic acids is 3. The van der Waals surface area contributed by atoms with E-state index in [1.165, 1.54) is 4.90 Å². The third-order valence-electron chi connectivity index (χ3n) is 4.99. The number of hydrogen-bond donors (Lipinski definition) is 1. The van der Waals surface area contributed by atoms with Gasteiger partial charge in [0.25, 0.3) is 11.8 Å². The lowest BCUT2D eigenvalue weighted by Crippen LogP contribution is -2.41. The Morgan fingerprint density at radius 1 is 0.966 bits per heavy atom. The molecule has 3 amide bonds. The molecule has 1 N–H and O–H groups in total. The minimum absolute atomic E-state index is 0.183. The Hall–Kier alpha value is -3.67. The van der Waals surface area contributed by atoms with E-state index in [1.54, 1.807) is 43.5 Å². The molecule has 0 spiro atoms. The molecule has 1 heterocycles. The first-order valence-electron chi connectivity index (χ1n) is 9.40. The van der Waals surface area contributed by atoms with Crippen molar-refractivity contribution in [3.05, 3.63) is 71.8 Å². The van der Waals surface area contributed by atoms with E-state index >= 15 is 0 Å². The monoisotopic (exact) mass is 388 g/mol. The third-order valence-corrected chi connectivity index (χ3v) is 4.99. The van der Waals surface area contributed by atoms with Crippen LogP contribution in [0.15, 0.2) is 60.7 Å². The zero-order valence-corrected chi connectivity index (χ0v) is 16.0. The van der Waals surface area contributed by atoms with Crippen LogP contribution in [0.1, 0.15) is 33.6 Å². The van der Waals surface area contributed by atoms with Crippen molar-refractivity contribution in [1.29, 1.82) is 0 Å². The first kappa shape index (κ1) is 18.7. The summed E-state index contributed by atoms with van der Waals surface area (Å²) in [5, 5.41) is 4.38. The van der Waals surface area contributed by atoms with Crippen LogP contribution in [-0.2, 0) is 4.79 Å². The number of carbonyl (C=O) groups is 3. The van der Waals surface area contributed by atoms with Crippen LogP contribution < -0.4 is 10.1 Å². The zero-order valence-electron chi connectivity index (χ0n) is 16.0. The standard InChI is InChI=1S/C23H20N2O4/c1-29-17-9-4-8-16(14-17)24-20(26)12-5-13-25-22(27)18-10-2-6-15-7-3-11-19(21(15)18)23(25)28/h2-4,6-11,14H,5,12-13H2,1H3,(H,24,26). The van der Waals surface area contributed by atoms with Gasteiger partial charge in [-0.05, 0) is 36.1 Å². The molecular formula is C23H20N2O4. The lowest BCUT2D eigenvalue weighted by atomic mass is 9.94. The Balaban J connectivity index is 1.42. The highest BCUT2D eigenvalue weighted by Crippen LogP contribution is 2.30. The van der Waals surface area contributed by atoms with Crippen molar-refractivity contribution in [2.24, 2.45) is 0 Å². The molecule has 0 saturated carbocycles. The minimum Gasteiger partial charge on any atom is -0.497 e. The van der Waals surface area contributed by atoms with E-state index in [0.717, 1.165) is 5.39 Å². The summed E-state index contributed by atoms with van der Waals surface area (Å²) in [5.41, 5.74) is 1.69. The average Bonchev–Trinajstić information content (AvgIpc) is 2.74. The van der Waals surface area contributed by atoms with Crippen LogP contribution in [0.3, 0.4) is 0 Å². The van der Waals surface area contributed by atoms with Gasteiger partial charge in [-0.1, -0.05) is 30.3 Å². The van der Waals surface area contributed by atoms with E-state index < -0.39 is 0 Å². The number of nitrogens with one attached hydrogen (secondary N) is 1. The van der Waals surface area contributed by atoms with Gasteiger partial charge in [-0.25, -0.2) is 0 Å². The topological polar surface area (TPSA) is 75.7 Å². The van der Waals surface area contributed by atoms with E-state index in [2.05, 4.69) is 5.32 Å². The molecule has 146 valence electrons. The van der Waals surface area contributed by atoms with Crippen LogP contribution in [-0.4, -0.2) is 36.3 Å². The van der Waals surface area contributed by atoms with Gasteiger partial charge in [-0.3, -0.25) is 19.3 Å². The number of methoxy groups -OCH3 is 1. The number of anilines is 1. The molecule has 29 heavy (non-hydrogen) atoms. The third kappa shape index (κ3) is 3.57. The predicted molar refractivity (Wildman–Crippen MR) is 110 cm³/mol. The van der Waals surface area contributed by atoms with E-state index in [1.807, 2.05) is 24.3 Å². The molecule has 3 aromatic rings. The van der Waals surface area contributed by atoms with Crippen molar-refractivity contribution in [2.45, 2.75) is 12.8 Å². The smallest absolute Gasteiger partial charge is 0.261 e. The summed E-state index contributed by atoms with van der Waals surface area (Å²) in [6.07, 6.45) is 0.575. The van der Waals surface area contributed by atoms with Crippen LogP contribution in [0, 0.1) is 0 Å². The van der Waals surface area contributed by atoms with Crippen molar-refractivity contribution in [1.82, 2.24) is 4.90 Å². The fourth-order valence-electron chi connectivity index (χ4n) is 3.61. The Kier molecular flexibility index (Phi) is 4.99. The molecule has 3 aromatic carbocycles. The summed E-state index contributed by atoms with van der Waals surface area (Å²) in [7, 11) is 1.56. The number of imide groups is 1. The SMILES string of the molecule is COc1cccc(NC(=O)CCCN2C(=O)c3cccc4cccc(c34)C2=O)c1. The Bertz CT molecular complexity index is 1070. The second kappa shape index (κ2) is 7.75. The van der Waals surface area contributed by atoms with E-state index in [0.29, 0.717) is 34.4 Å². The van der Waals surface area contributed by atoms with Gasteiger partial charge in [-0.2, -0.15) is 0 Å². The molecule has 0 aromatic heterocycles. The molecule has 0 bridgehead atoms. The van der Waals surface area contributed by atoms with Gasteiger partial charge in [-0.15, -0.1) is 0 Å². The lowest BCUT2D eigenvalue weighted by molar-refractivity contribution is -0.116. The molecule has 4 rings (SSSR count). The highest BCUT2D eigenvalue weighted by molar-refractivity contribution is 6.25. The van der Waals surface area contributed by atoms with Crippen molar-refractivity contribution in [3.8, 4) is 5.75 Å². The van der Waals surface area contributed by atoms with Crippen LogP contribution in [0.25, 0.3) is 10.8 Å². The molecule has 6 heteroatoms. The molecule has 1 aliphatic heterocycles. The van der Waals surface area contributed by atoms with Crippen molar-refractivity contribution >= 4 is 34.2 Å². The Morgan fingerprint density at radius 3 is 2.28 bits per heavy atom. The molecule has 0 fully saturated rings. The van der Waals surface area contributed by atoms with Gasteiger partial charge in [0.2, 0.25) is 5.91 Å². The van der Waals surface area contributed by atoms with Crippen LogP contribution in [0.2, 0.25) is 0 Å². The predicted octanol–water partition coefficient (Wildman–Crippen LogP) is 3.86. The molecule has 0 aliphatic carbocycles. The summed E-state index contributed by atoms with van der Waals surface area (Å²) < 4.78 is 5.14. The number of rotatable bonds is 6. The van der Waals surface area contributed by atoms with Crippen LogP contribution >= 0.6 is 0 Å². The molecular weight excluding hydrogens is 368 g/mol. The fourth-order valence-corrected chi connectivity index (χ4v) is 3.61. The summed E-state index contributed by atoms with van der Waals surface area (Å²) in [6, 6.07) is 18.0. The zero-order chi connectivity index (χ0) is 20.4. The minimum atomic E-state index is -0.312. The summed E-state index contributed by atoms with van der Waals surface area (Å²) in [5.74, 6) is -0.155. The van der Waals surface area contributed by atoms with Gasteiger partial charge in [0.15, 0.2) is 0 Å². The Morgan fingerprint density at radius 2 is 1.62 bits per heavy atom. The van der Waals surface area contributed by atoms with Crippen LogP contribution in [0.4, 0.5) is 5.69 Å². The van der Waals surface area contributed by atoms with E-state index in [9.17, 15) is 14.4 Å². The number of ether oxygens (including phenoxy) is 1. The maximum atomic E-state index is 12.8. The highest BCUT2D eigenvalue weighted by Gasteiger charge is 2.32. The van der Waals surface area contributed by atoms with Crippen molar-refractivity contribution < 1.29 is 19.1 Å². The van der Waals surface area contributed by atoms with Crippen molar-refractivity contribution in [3.63, 3.8) is 0 Å². The molecule has 0 saturated heterocycles. The molecule has 0 atom stereocenters. The number of hydrogen-bond acceptors (Lipinski definition) is 4. The quantitative estimate of drug-likeness (QED) is 0.651. The summed E-state index contributed by atoms with van der Waals surface area (Å²) >= 11 is 0. The molecule has 1 aliphatic rings. The molecule has 0 radical (unpaired) electrons. The lowest BCUT2D eigenvalue weighted by Gasteiger charge is -2.27. The average molecular weight is 388 g/mol. The second-order valence-corrected chi connectivity index (χ2v) is 6.85. The number of benzene rings is 3. The van der Waals surface area contributed by atoms with Gasteiger partial charge in [0.1, 0.15) is 5.75 Å². The summed E-state index contributed by atoms with van der Waals surface area (Å²) in [6.45, 7) is 0.188. The number of amides is 3. The van der Waals surface area contributed by atoms with Gasteiger partial charge in [0.05, 0.1) is 7.11 Å². The van der Waals surface area contributed by atoms with Crippen molar-refractivity contribution in [2.75, 3.05) is 19.0 Å². The molecule has 0 unspecified atom stereocenters.